The Balaban J connectivity index is 1.42. The number of amides is 1. The van der Waals surface area contributed by atoms with Crippen LogP contribution in [0.5, 0.6) is 0 Å². The summed E-state index contributed by atoms with van der Waals surface area (Å²) < 4.78 is 2.01. The largest absolute Gasteiger partial charge is 0.339 e. The lowest BCUT2D eigenvalue weighted by atomic mass is 9.95. The Labute approximate surface area is 140 Å². The number of nitrogens with zero attached hydrogens (tertiary/aromatic N) is 4. The first-order valence-corrected chi connectivity index (χ1v) is 9.25. The van der Waals surface area contributed by atoms with Gasteiger partial charge >= 0.3 is 0 Å². The Morgan fingerprint density at radius 3 is 3.17 bits per heavy atom. The van der Waals surface area contributed by atoms with Crippen LogP contribution in [0, 0.1) is 5.92 Å². The summed E-state index contributed by atoms with van der Waals surface area (Å²) in [5.74, 6) is 0.324. The predicted octanol–water partition coefficient (Wildman–Crippen LogP) is 2.44. The van der Waals surface area contributed by atoms with Gasteiger partial charge in [-0.1, -0.05) is 0 Å². The van der Waals surface area contributed by atoms with Crippen LogP contribution in [-0.4, -0.2) is 32.6 Å². The van der Waals surface area contributed by atoms with E-state index in [2.05, 4.69) is 5.10 Å². The number of aryl methyl sites for hydroxylation is 3. The van der Waals surface area contributed by atoms with Crippen LogP contribution in [0.3, 0.4) is 0 Å². The fourth-order valence-electron chi connectivity index (χ4n) is 3.64. The van der Waals surface area contributed by atoms with Crippen molar-refractivity contribution < 1.29 is 4.79 Å². The fraction of sp³-hybridized carbons (Fsp3) is 0.588. The number of carbonyl (C=O) groups excluding carboxylic acids is 1. The fourth-order valence-corrected chi connectivity index (χ4v) is 4.85. The summed E-state index contributed by atoms with van der Waals surface area (Å²) in [5.41, 5.74) is 2.45. The van der Waals surface area contributed by atoms with Gasteiger partial charge in [-0.15, -0.1) is 11.3 Å². The van der Waals surface area contributed by atoms with Gasteiger partial charge in [-0.05, 0) is 38.2 Å². The Morgan fingerprint density at radius 2 is 2.30 bits per heavy atom. The first kappa shape index (κ1) is 14.9. The quantitative estimate of drug-likeness (QED) is 0.868. The van der Waals surface area contributed by atoms with Gasteiger partial charge in [0.25, 0.3) is 0 Å². The van der Waals surface area contributed by atoms with E-state index in [0.717, 1.165) is 37.2 Å². The molecule has 0 saturated carbocycles. The van der Waals surface area contributed by atoms with Gasteiger partial charge in [0.15, 0.2) is 0 Å². The Bertz CT molecular complexity index is 697. The van der Waals surface area contributed by atoms with Gasteiger partial charge in [0, 0.05) is 42.7 Å². The van der Waals surface area contributed by atoms with Crippen molar-refractivity contribution in [3.8, 4) is 0 Å². The maximum atomic E-state index is 12.8. The number of carbonyl (C=O) groups is 1. The molecule has 3 heterocycles. The highest BCUT2D eigenvalue weighted by molar-refractivity contribution is 7.11. The minimum atomic E-state index is 0.0822. The lowest BCUT2D eigenvalue weighted by molar-refractivity contribution is -0.135. The van der Waals surface area contributed by atoms with Gasteiger partial charge in [0.2, 0.25) is 5.91 Å². The Morgan fingerprint density at radius 1 is 1.43 bits per heavy atom. The van der Waals surface area contributed by atoms with Crippen molar-refractivity contribution >= 4 is 17.2 Å². The molecule has 23 heavy (non-hydrogen) atoms. The number of fused-ring (bicyclic) bond motifs is 2. The molecule has 5 nitrogen and oxygen atoms in total. The first-order valence-electron chi connectivity index (χ1n) is 8.44. The number of thiazole rings is 1. The second kappa shape index (κ2) is 6.07. The van der Waals surface area contributed by atoms with Gasteiger partial charge in [-0.25, -0.2) is 4.98 Å². The molecule has 6 heteroatoms. The zero-order valence-electron chi connectivity index (χ0n) is 13.5. The highest BCUT2D eigenvalue weighted by Gasteiger charge is 2.28. The second-order valence-electron chi connectivity index (χ2n) is 6.61. The van der Waals surface area contributed by atoms with Crippen LogP contribution >= 0.6 is 11.3 Å². The highest BCUT2D eigenvalue weighted by atomic mass is 32.1. The van der Waals surface area contributed by atoms with E-state index in [4.69, 9.17) is 4.98 Å². The summed E-state index contributed by atoms with van der Waals surface area (Å²) in [4.78, 5) is 20.8. The second-order valence-corrected chi connectivity index (χ2v) is 7.78. The van der Waals surface area contributed by atoms with Crippen LogP contribution in [0.4, 0.5) is 0 Å². The zero-order chi connectivity index (χ0) is 15.8. The smallest absolute Gasteiger partial charge is 0.226 e. The van der Waals surface area contributed by atoms with Crippen molar-refractivity contribution in [3.05, 3.63) is 33.5 Å². The van der Waals surface area contributed by atoms with E-state index in [1.165, 1.54) is 29.1 Å². The Kier molecular flexibility index (Phi) is 3.93. The van der Waals surface area contributed by atoms with E-state index in [-0.39, 0.29) is 11.8 Å². The predicted molar refractivity (Wildman–Crippen MR) is 89.3 cm³/mol. The SMILES string of the molecule is CN(Cc1nc2c(s1)CCCC2)C(=O)C1CCn2nccc2C1. The maximum absolute atomic E-state index is 12.8. The summed E-state index contributed by atoms with van der Waals surface area (Å²) in [5, 5.41) is 5.38. The van der Waals surface area contributed by atoms with Crippen molar-refractivity contribution in [3.63, 3.8) is 0 Å². The van der Waals surface area contributed by atoms with Crippen LogP contribution in [0.2, 0.25) is 0 Å². The van der Waals surface area contributed by atoms with Crippen LogP contribution in [0.1, 0.15) is 40.5 Å². The molecule has 2 aromatic heterocycles. The lowest BCUT2D eigenvalue weighted by Crippen LogP contribution is -2.36. The van der Waals surface area contributed by atoms with E-state index < -0.39 is 0 Å². The van der Waals surface area contributed by atoms with Crippen molar-refractivity contribution in [2.45, 2.75) is 51.6 Å². The molecule has 1 unspecified atom stereocenters. The van der Waals surface area contributed by atoms with E-state index >= 15 is 0 Å². The molecule has 1 aliphatic heterocycles. The monoisotopic (exact) mass is 330 g/mol. The highest BCUT2D eigenvalue weighted by Crippen LogP contribution is 2.28. The Hall–Kier alpha value is -1.69. The summed E-state index contributed by atoms with van der Waals surface area (Å²) in [6, 6.07) is 2.02. The molecular weight excluding hydrogens is 308 g/mol. The van der Waals surface area contributed by atoms with E-state index in [0.29, 0.717) is 6.54 Å². The van der Waals surface area contributed by atoms with Gasteiger partial charge in [-0.3, -0.25) is 9.48 Å². The molecule has 0 radical (unpaired) electrons. The van der Waals surface area contributed by atoms with Gasteiger partial charge in [0.05, 0.1) is 12.2 Å². The van der Waals surface area contributed by atoms with E-state index in [1.54, 1.807) is 11.3 Å². The van der Waals surface area contributed by atoms with Gasteiger partial charge in [0.1, 0.15) is 5.01 Å². The minimum Gasteiger partial charge on any atom is -0.339 e. The van der Waals surface area contributed by atoms with Crippen molar-refractivity contribution in [1.82, 2.24) is 19.7 Å². The molecule has 2 aliphatic rings. The molecule has 0 N–H and O–H groups in total. The lowest BCUT2D eigenvalue weighted by Gasteiger charge is -2.26. The molecule has 0 spiro atoms. The van der Waals surface area contributed by atoms with Crippen molar-refractivity contribution in [1.29, 1.82) is 0 Å². The molecule has 1 atom stereocenters. The van der Waals surface area contributed by atoms with Crippen molar-refractivity contribution in [2.75, 3.05) is 7.05 Å². The molecule has 1 amide bonds. The zero-order valence-corrected chi connectivity index (χ0v) is 14.3. The average molecular weight is 330 g/mol. The third-order valence-corrected chi connectivity index (χ3v) is 6.08. The normalized spacial score (nSPS) is 20.0. The summed E-state index contributed by atoms with van der Waals surface area (Å²) in [6.45, 7) is 1.49. The van der Waals surface area contributed by atoms with Crippen LogP contribution in [0.25, 0.3) is 0 Å². The first-order chi connectivity index (χ1) is 11.2. The average Bonchev–Trinajstić information content (AvgIpc) is 3.18. The third kappa shape index (κ3) is 2.92. The molecule has 2 aromatic rings. The number of aromatic nitrogens is 3. The molecule has 0 aromatic carbocycles. The van der Waals surface area contributed by atoms with Crippen LogP contribution in [0.15, 0.2) is 12.3 Å². The van der Waals surface area contributed by atoms with Gasteiger partial charge in [-0.2, -0.15) is 5.10 Å². The van der Waals surface area contributed by atoms with E-state index in [1.807, 2.05) is 28.9 Å². The number of hydrogen-bond donors (Lipinski definition) is 0. The summed E-state index contributed by atoms with van der Waals surface area (Å²) in [6.07, 6.45) is 8.31. The minimum absolute atomic E-state index is 0.0822. The number of hydrogen-bond acceptors (Lipinski definition) is 4. The molecule has 0 fully saturated rings. The molecule has 0 bridgehead atoms. The van der Waals surface area contributed by atoms with E-state index in [9.17, 15) is 4.79 Å². The summed E-state index contributed by atoms with van der Waals surface area (Å²) >= 11 is 1.80. The van der Waals surface area contributed by atoms with Crippen LogP contribution < -0.4 is 0 Å². The standard InChI is InChI=1S/C17H22N4OS/c1-20(11-16-19-14-4-2-3-5-15(14)23-16)17(22)12-7-9-21-13(10-12)6-8-18-21/h6,8,12H,2-5,7,9-11H2,1H3. The third-order valence-electron chi connectivity index (χ3n) is 4.94. The van der Waals surface area contributed by atoms with Crippen molar-refractivity contribution in [2.24, 2.45) is 5.92 Å². The topological polar surface area (TPSA) is 51.0 Å². The molecule has 1 aliphatic carbocycles. The maximum Gasteiger partial charge on any atom is 0.226 e. The molecule has 0 saturated heterocycles. The molecule has 122 valence electrons. The van der Waals surface area contributed by atoms with Gasteiger partial charge < -0.3 is 4.90 Å². The summed E-state index contributed by atoms with van der Waals surface area (Å²) in [7, 11) is 1.91. The van der Waals surface area contributed by atoms with Crippen LogP contribution in [-0.2, 0) is 37.1 Å². The molecular formula is C17H22N4OS. The number of rotatable bonds is 3. The molecule has 4 rings (SSSR count).